The van der Waals surface area contributed by atoms with Crippen molar-refractivity contribution in [1.29, 1.82) is 0 Å². The first kappa shape index (κ1) is 13.0. The molecule has 18 heavy (non-hydrogen) atoms. The maximum Gasteiger partial charge on any atom is 0.0889 e. The quantitative estimate of drug-likeness (QED) is 0.832. The standard InChI is InChI=1S/C13H21N5/c1-11(2)15-5-6-17(3)10-12-8-16-18-7-4-14-9-13(12)18/h4,7-9,11,15H,5-6,10H2,1-3H3. The Morgan fingerprint density at radius 1 is 1.39 bits per heavy atom. The van der Waals surface area contributed by atoms with E-state index in [2.05, 4.69) is 41.2 Å². The molecule has 0 fully saturated rings. The molecule has 2 rings (SSSR count). The summed E-state index contributed by atoms with van der Waals surface area (Å²) in [7, 11) is 2.13. The molecule has 0 aliphatic carbocycles. The Labute approximate surface area is 108 Å². The van der Waals surface area contributed by atoms with Gasteiger partial charge in [0.1, 0.15) is 0 Å². The van der Waals surface area contributed by atoms with Gasteiger partial charge in [-0.15, -0.1) is 0 Å². The zero-order valence-electron chi connectivity index (χ0n) is 11.3. The second-order valence-electron chi connectivity index (χ2n) is 4.92. The van der Waals surface area contributed by atoms with Crippen molar-refractivity contribution in [3.8, 4) is 0 Å². The monoisotopic (exact) mass is 247 g/mol. The van der Waals surface area contributed by atoms with Gasteiger partial charge in [0.2, 0.25) is 0 Å². The third kappa shape index (κ3) is 3.27. The van der Waals surface area contributed by atoms with Gasteiger partial charge < -0.3 is 10.2 Å². The molecule has 0 bridgehead atoms. The highest BCUT2D eigenvalue weighted by molar-refractivity contribution is 5.51. The summed E-state index contributed by atoms with van der Waals surface area (Å²) in [6, 6.07) is 0.541. The Hall–Kier alpha value is -1.46. The molecule has 5 heteroatoms. The van der Waals surface area contributed by atoms with Crippen LogP contribution in [0.4, 0.5) is 0 Å². The number of hydrogen-bond acceptors (Lipinski definition) is 4. The highest BCUT2D eigenvalue weighted by Crippen LogP contribution is 2.10. The van der Waals surface area contributed by atoms with E-state index >= 15 is 0 Å². The van der Waals surface area contributed by atoms with Gasteiger partial charge in [-0.1, -0.05) is 13.8 Å². The number of hydrogen-bond donors (Lipinski definition) is 1. The van der Waals surface area contributed by atoms with Crippen LogP contribution in [0.25, 0.3) is 5.52 Å². The summed E-state index contributed by atoms with van der Waals surface area (Å²) in [6.07, 6.45) is 7.41. The summed E-state index contributed by atoms with van der Waals surface area (Å²) < 4.78 is 1.86. The van der Waals surface area contributed by atoms with E-state index in [1.165, 1.54) is 5.56 Å². The molecule has 0 saturated carbocycles. The predicted molar refractivity (Wildman–Crippen MR) is 72.5 cm³/mol. The number of aromatic nitrogens is 3. The van der Waals surface area contributed by atoms with E-state index in [0.29, 0.717) is 6.04 Å². The van der Waals surface area contributed by atoms with Gasteiger partial charge in [0.15, 0.2) is 0 Å². The Balaban J connectivity index is 1.92. The minimum absolute atomic E-state index is 0.541. The van der Waals surface area contributed by atoms with Gasteiger partial charge >= 0.3 is 0 Å². The largest absolute Gasteiger partial charge is 0.313 e. The number of nitrogens with zero attached hydrogens (tertiary/aromatic N) is 4. The van der Waals surface area contributed by atoms with Gasteiger partial charge in [0, 0.05) is 43.6 Å². The fourth-order valence-electron chi connectivity index (χ4n) is 1.92. The third-order valence-corrected chi connectivity index (χ3v) is 2.89. The minimum atomic E-state index is 0.541. The maximum absolute atomic E-state index is 4.31. The summed E-state index contributed by atoms with van der Waals surface area (Å²) in [4.78, 5) is 6.44. The lowest BCUT2D eigenvalue weighted by atomic mass is 10.3. The van der Waals surface area contributed by atoms with Crippen molar-refractivity contribution in [2.75, 3.05) is 20.1 Å². The first-order chi connectivity index (χ1) is 8.66. The molecule has 0 radical (unpaired) electrons. The van der Waals surface area contributed by atoms with Crippen molar-refractivity contribution >= 4 is 5.52 Å². The molecule has 0 aliphatic rings. The molecule has 2 aromatic heterocycles. The first-order valence-corrected chi connectivity index (χ1v) is 6.35. The Bertz CT molecular complexity index is 491. The SMILES string of the molecule is CC(C)NCCN(C)Cc1cnn2ccncc12. The number of rotatable bonds is 6. The Kier molecular flexibility index (Phi) is 4.28. The second-order valence-corrected chi connectivity index (χ2v) is 4.92. The van der Waals surface area contributed by atoms with Gasteiger partial charge in [0.25, 0.3) is 0 Å². The molecule has 0 amide bonds. The van der Waals surface area contributed by atoms with Crippen LogP contribution >= 0.6 is 0 Å². The lowest BCUT2D eigenvalue weighted by molar-refractivity contribution is 0.321. The summed E-state index contributed by atoms with van der Waals surface area (Å²) in [6.45, 7) is 7.25. The van der Waals surface area contributed by atoms with Gasteiger partial charge in [-0.05, 0) is 7.05 Å². The van der Waals surface area contributed by atoms with Crippen LogP contribution in [-0.4, -0.2) is 45.7 Å². The second kappa shape index (κ2) is 5.93. The molecule has 2 aromatic rings. The van der Waals surface area contributed by atoms with E-state index in [1.807, 2.05) is 23.1 Å². The zero-order valence-corrected chi connectivity index (χ0v) is 11.3. The van der Waals surface area contributed by atoms with Crippen LogP contribution in [0, 0.1) is 0 Å². The van der Waals surface area contributed by atoms with E-state index in [4.69, 9.17) is 0 Å². The molecule has 0 aromatic carbocycles. The summed E-state index contributed by atoms with van der Waals surface area (Å²) >= 11 is 0. The van der Waals surface area contributed by atoms with Crippen LogP contribution in [0.2, 0.25) is 0 Å². The normalized spacial score (nSPS) is 11.8. The third-order valence-electron chi connectivity index (χ3n) is 2.89. The predicted octanol–water partition coefficient (Wildman–Crippen LogP) is 1.16. The van der Waals surface area contributed by atoms with Crippen LogP contribution in [-0.2, 0) is 6.54 Å². The molecule has 0 aliphatic heterocycles. The number of likely N-dealkylation sites (N-methyl/N-ethyl adjacent to an activating group) is 1. The van der Waals surface area contributed by atoms with Crippen LogP contribution < -0.4 is 5.32 Å². The molecule has 0 spiro atoms. The van der Waals surface area contributed by atoms with E-state index in [-0.39, 0.29) is 0 Å². The van der Waals surface area contributed by atoms with Gasteiger partial charge in [0.05, 0.1) is 17.9 Å². The maximum atomic E-state index is 4.31. The van der Waals surface area contributed by atoms with Crippen molar-refractivity contribution in [3.63, 3.8) is 0 Å². The Morgan fingerprint density at radius 2 is 2.22 bits per heavy atom. The van der Waals surface area contributed by atoms with E-state index in [0.717, 1.165) is 25.2 Å². The molecular weight excluding hydrogens is 226 g/mol. The summed E-state index contributed by atoms with van der Waals surface area (Å²) in [5.41, 5.74) is 2.30. The lowest BCUT2D eigenvalue weighted by Gasteiger charge is -2.17. The molecule has 98 valence electrons. The molecule has 1 N–H and O–H groups in total. The van der Waals surface area contributed by atoms with E-state index in [1.54, 1.807) is 6.20 Å². The van der Waals surface area contributed by atoms with E-state index in [9.17, 15) is 0 Å². The van der Waals surface area contributed by atoms with E-state index < -0.39 is 0 Å². The smallest absolute Gasteiger partial charge is 0.0889 e. The van der Waals surface area contributed by atoms with Crippen molar-refractivity contribution < 1.29 is 0 Å². The average molecular weight is 247 g/mol. The van der Waals surface area contributed by atoms with Crippen molar-refractivity contribution in [3.05, 3.63) is 30.4 Å². The molecule has 0 atom stereocenters. The average Bonchev–Trinajstić information content (AvgIpc) is 2.72. The van der Waals surface area contributed by atoms with Crippen LogP contribution in [0.1, 0.15) is 19.4 Å². The van der Waals surface area contributed by atoms with Crippen molar-refractivity contribution in [1.82, 2.24) is 24.8 Å². The number of nitrogens with one attached hydrogen (secondary N) is 1. The first-order valence-electron chi connectivity index (χ1n) is 6.35. The topological polar surface area (TPSA) is 45.5 Å². The van der Waals surface area contributed by atoms with Crippen LogP contribution in [0.15, 0.2) is 24.8 Å². The highest BCUT2D eigenvalue weighted by atomic mass is 15.2. The molecule has 0 saturated heterocycles. The summed E-state index contributed by atoms with van der Waals surface area (Å²) in [5.74, 6) is 0. The minimum Gasteiger partial charge on any atom is -0.313 e. The lowest BCUT2D eigenvalue weighted by Crippen LogP contribution is -2.32. The fraction of sp³-hybridized carbons (Fsp3) is 0.538. The van der Waals surface area contributed by atoms with Crippen molar-refractivity contribution in [2.24, 2.45) is 0 Å². The van der Waals surface area contributed by atoms with Crippen molar-refractivity contribution in [2.45, 2.75) is 26.4 Å². The number of fused-ring (bicyclic) bond motifs is 1. The molecule has 0 unspecified atom stereocenters. The van der Waals surface area contributed by atoms with Crippen LogP contribution in [0.3, 0.4) is 0 Å². The van der Waals surface area contributed by atoms with Gasteiger partial charge in [-0.3, -0.25) is 4.98 Å². The summed E-state index contributed by atoms with van der Waals surface area (Å²) in [5, 5.41) is 7.73. The van der Waals surface area contributed by atoms with Crippen LogP contribution in [0.5, 0.6) is 0 Å². The highest BCUT2D eigenvalue weighted by Gasteiger charge is 2.06. The molecule has 2 heterocycles. The molecule has 5 nitrogen and oxygen atoms in total. The van der Waals surface area contributed by atoms with Gasteiger partial charge in [-0.25, -0.2) is 4.52 Å². The Morgan fingerprint density at radius 3 is 3.00 bits per heavy atom. The fourth-order valence-corrected chi connectivity index (χ4v) is 1.92. The molecular formula is C13H21N5. The zero-order chi connectivity index (χ0) is 13.0. The van der Waals surface area contributed by atoms with Gasteiger partial charge in [-0.2, -0.15) is 5.10 Å².